The molecule has 0 saturated carbocycles. The summed E-state index contributed by atoms with van der Waals surface area (Å²) in [5.41, 5.74) is 16.3. The average Bonchev–Trinajstić information content (AvgIpc) is 0.836. The van der Waals surface area contributed by atoms with Crippen LogP contribution in [0.4, 0.5) is 33.7 Å². The van der Waals surface area contributed by atoms with Crippen LogP contribution in [-0.2, 0) is 46.7 Å². The molecule has 9 rings (SSSR count). The zero-order valence-electron chi connectivity index (χ0n) is 70.1. The number of nitrogens with one attached hydrogen (secondary N) is 3. The van der Waals surface area contributed by atoms with E-state index < -0.39 is 102 Å². The summed E-state index contributed by atoms with van der Waals surface area (Å²) >= 11 is 1.48. The number of anilines is 2. The van der Waals surface area contributed by atoms with Gasteiger partial charge in [0.25, 0.3) is 17.7 Å². The van der Waals surface area contributed by atoms with E-state index in [1.807, 2.05) is 94.3 Å². The third kappa shape index (κ3) is 25.2. The van der Waals surface area contributed by atoms with Crippen molar-refractivity contribution in [3.63, 3.8) is 0 Å². The molecular weight excluding hydrogens is 1530 g/mol. The normalized spacial score (nSPS) is 15.5. The molecule has 7 atom stereocenters. The van der Waals surface area contributed by atoms with E-state index in [1.54, 1.807) is 75.9 Å². The molecular formula is C92H121F4N11O10S. The van der Waals surface area contributed by atoms with Gasteiger partial charge in [-0.2, -0.15) is 0 Å². The number of aliphatic hydroxyl groups excluding tert-OH is 1. The number of methoxy groups -OCH3 is 1. The van der Waals surface area contributed by atoms with E-state index in [0.29, 0.717) is 125 Å². The summed E-state index contributed by atoms with van der Waals surface area (Å²) in [5.74, 6) is -7.95. The number of thiophene rings is 1. The van der Waals surface area contributed by atoms with Gasteiger partial charge in [0, 0.05) is 114 Å². The Bertz CT molecular complexity index is 4440. The first kappa shape index (κ1) is 92.2. The molecule has 2 aliphatic rings. The van der Waals surface area contributed by atoms with E-state index in [0.717, 1.165) is 35.9 Å². The minimum atomic E-state index is -1.58. The van der Waals surface area contributed by atoms with Crippen molar-refractivity contribution in [1.29, 1.82) is 0 Å². The molecule has 0 bridgehead atoms. The van der Waals surface area contributed by atoms with Crippen LogP contribution < -0.4 is 37.1 Å². The number of hydrogen-bond donors (Lipinski definition) is 6. The number of urea groups is 1. The fourth-order valence-electron chi connectivity index (χ4n) is 16.3. The van der Waals surface area contributed by atoms with Crippen LogP contribution >= 0.6 is 11.3 Å². The second-order valence-electron chi connectivity index (χ2n) is 31.4. The third-order valence-electron chi connectivity index (χ3n) is 21.9. The largest absolute Gasteiger partial charge is 0.497 e. The van der Waals surface area contributed by atoms with Gasteiger partial charge in [0.15, 0.2) is 0 Å². The molecule has 1 aromatic heterocycles. The highest BCUT2D eigenvalue weighted by Crippen LogP contribution is 2.45. The fourth-order valence-corrected chi connectivity index (χ4v) is 17.0. The number of rotatable bonds is 42. The number of carbonyl (C=O) groups is 7. The Balaban J connectivity index is 1.37. The minimum absolute atomic E-state index is 0.0246. The summed E-state index contributed by atoms with van der Waals surface area (Å²) < 4.78 is 75.1. The summed E-state index contributed by atoms with van der Waals surface area (Å²) in [7, 11) is 1.51. The predicted molar refractivity (Wildman–Crippen MR) is 456 cm³/mol. The molecule has 0 radical (unpaired) electrons. The Kier molecular flexibility index (Phi) is 35.5. The third-order valence-corrected chi connectivity index (χ3v) is 22.8. The van der Waals surface area contributed by atoms with E-state index in [4.69, 9.17) is 20.9 Å². The molecule has 1 unspecified atom stereocenters. The van der Waals surface area contributed by atoms with Crippen molar-refractivity contribution in [2.24, 2.45) is 17.4 Å². The topological polar surface area (TPSA) is 266 Å². The first-order chi connectivity index (χ1) is 56.8. The standard InChI is InChI=1S/C92H121F4N11O10S/c1-10-34-102(35-11-2)88(111)67-27-22-40-105(58-67)92(115)106(56-64-26-21-28-72(49-64)116-9)59-81(78(98)50-65-47-70(95)52-71(96)48-65)117-91(114)74-44-61(8)84(83(90(113)104(38-14-5)39-15-6)82(74)66(32-31-63-45-68(93)51-69(94)46-63)54-100-79-30-19-20-33-99-87(79)110)107(57-62-24-17-16-18-25-62)85-75(42-60(7)43-76(85)89(112)103(36-12-3)37-13-4)86(109)101-55-80(108)77(97)53-73-29-23-41-118-73/h16-18,21,23-26,28-29,41-49,51-52,66-67,77-81,100,108H,10-15,19-20,22,27,30-40,50,53-59,97-98H2,1-9H3,(H,99,110)(H,101,109)/t66-,67?,77-,78-,79-,80+,81+/m0/s1. The smallest absolute Gasteiger partial charge is 0.338 e. The lowest BCUT2D eigenvalue weighted by molar-refractivity contribution is -0.137. The maximum absolute atomic E-state index is 17.4. The molecule has 0 aliphatic carbocycles. The van der Waals surface area contributed by atoms with Gasteiger partial charge in [-0.1, -0.05) is 90.1 Å². The van der Waals surface area contributed by atoms with Crippen LogP contribution in [-0.4, -0.2) is 187 Å². The maximum atomic E-state index is 17.4. The lowest BCUT2D eigenvalue weighted by Gasteiger charge is -2.39. The van der Waals surface area contributed by atoms with E-state index in [9.17, 15) is 14.7 Å². The molecule has 8 N–H and O–H groups in total. The van der Waals surface area contributed by atoms with Crippen LogP contribution in [0.5, 0.6) is 5.75 Å². The molecule has 2 aliphatic heterocycles. The molecule has 26 heteroatoms. The van der Waals surface area contributed by atoms with E-state index in [-0.39, 0.29) is 139 Å². The van der Waals surface area contributed by atoms with E-state index in [2.05, 4.69) is 16.0 Å². The lowest BCUT2D eigenvalue weighted by atomic mass is 9.82. The van der Waals surface area contributed by atoms with E-state index >= 15 is 41.5 Å². The molecule has 21 nitrogen and oxygen atoms in total. The van der Waals surface area contributed by atoms with Gasteiger partial charge in [-0.15, -0.1) is 11.3 Å². The number of carbonyl (C=O) groups excluding carboxylic acids is 7. The molecule has 2 saturated heterocycles. The quantitative estimate of drug-likeness (QED) is 0.0154. The Morgan fingerprint density at radius 1 is 0.627 bits per heavy atom. The van der Waals surface area contributed by atoms with Gasteiger partial charge in [-0.05, 0) is 221 Å². The first-order valence-corrected chi connectivity index (χ1v) is 43.0. The first-order valence-electron chi connectivity index (χ1n) is 42.1. The highest BCUT2D eigenvalue weighted by atomic mass is 32.1. The highest BCUT2D eigenvalue weighted by molar-refractivity contribution is 7.09. The van der Waals surface area contributed by atoms with Crippen molar-refractivity contribution < 1.29 is 65.7 Å². The Morgan fingerprint density at radius 2 is 1.25 bits per heavy atom. The zero-order chi connectivity index (χ0) is 85.1. The number of nitrogens with zero attached hydrogens (tertiary/aromatic N) is 6. The van der Waals surface area contributed by atoms with Crippen molar-refractivity contribution in [2.45, 2.75) is 201 Å². The zero-order valence-corrected chi connectivity index (χ0v) is 70.9. The number of aryl methyl sites for hydroxylation is 3. The Labute approximate surface area is 697 Å². The number of amides is 7. The SMILES string of the molecule is CCCN(CCC)C(=O)c1cc(C)cc(C(=O)NC[C@@H](O)[C@@H](N)Cc2cccs2)c1N(Cc1ccccc1)c1c(C)cc(C(=O)O[C@H](CN(Cc2cccc(OC)c2)C(=O)N2CCCC(C(=O)N(CCC)CCC)C2)[C@@H](N)Cc2cc(F)cc(F)c2)c([C@@H](CCc2cc(F)cc(F)c2)CN[C@H]2CCCCNC2=O)c1C(=O)N(CCC)CCC. The van der Waals surface area contributed by atoms with Crippen molar-refractivity contribution in [3.8, 4) is 5.75 Å². The maximum Gasteiger partial charge on any atom is 0.338 e. The van der Waals surface area contributed by atoms with E-state index in [1.165, 1.54) is 35.5 Å². The van der Waals surface area contributed by atoms with Crippen molar-refractivity contribution in [1.82, 2.24) is 40.4 Å². The minimum Gasteiger partial charge on any atom is -0.497 e. The average molecular weight is 1650 g/mol. The number of halogens is 4. The number of esters is 1. The van der Waals surface area contributed by atoms with Gasteiger partial charge in [0.2, 0.25) is 11.8 Å². The molecule has 6 aromatic carbocycles. The van der Waals surface area contributed by atoms with Gasteiger partial charge < -0.3 is 71.4 Å². The summed E-state index contributed by atoms with van der Waals surface area (Å²) in [5, 5.41) is 23.2. The highest BCUT2D eigenvalue weighted by Gasteiger charge is 2.41. The summed E-state index contributed by atoms with van der Waals surface area (Å²) in [6, 6.07) is 27.5. The molecule has 0 spiro atoms. The number of hydrogen-bond acceptors (Lipinski definition) is 15. The predicted octanol–water partition coefficient (Wildman–Crippen LogP) is 14.5. The van der Waals surface area contributed by atoms with Crippen molar-refractivity contribution in [3.05, 3.63) is 216 Å². The van der Waals surface area contributed by atoms with Crippen LogP contribution in [0, 0.1) is 43.0 Å². The molecule has 2 fully saturated rings. The van der Waals surface area contributed by atoms with Gasteiger partial charge >= 0.3 is 12.0 Å². The number of likely N-dealkylation sites (tertiary alicyclic amines) is 1. The fraction of sp³-hybridized carbons (Fsp3) is 0.489. The molecule has 7 amide bonds. The lowest BCUT2D eigenvalue weighted by Crippen LogP contribution is -2.54. The second kappa shape index (κ2) is 45.4. The van der Waals surface area contributed by atoms with Crippen LogP contribution in [0.3, 0.4) is 0 Å². The Hall–Kier alpha value is -9.73. The monoisotopic (exact) mass is 1650 g/mol. The molecule has 3 heterocycles. The van der Waals surface area contributed by atoms with Crippen LogP contribution in [0.25, 0.3) is 0 Å². The van der Waals surface area contributed by atoms with Crippen LogP contribution in [0.2, 0.25) is 0 Å². The Morgan fingerprint density at radius 3 is 1.87 bits per heavy atom. The number of benzene rings is 6. The van der Waals surface area contributed by atoms with Gasteiger partial charge in [0.05, 0.1) is 65.3 Å². The van der Waals surface area contributed by atoms with Gasteiger partial charge in [0.1, 0.15) is 35.1 Å². The van der Waals surface area contributed by atoms with Crippen LogP contribution in [0.15, 0.2) is 127 Å². The summed E-state index contributed by atoms with van der Waals surface area (Å²) in [4.78, 5) is 122. The van der Waals surface area contributed by atoms with Gasteiger partial charge in [-0.25, -0.2) is 27.2 Å². The van der Waals surface area contributed by atoms with Crippen LogP contribution in [0.1, 0.15) is 210 Å². The number of nitrogens with two attached hydrogens (primary N) is 2. The molecule has 118 heavy (non-hydrogen) atoms. The molecule has 7 aromatic rings. The van der Waals surface area contributed by atoms with Crippen molar-refractivity contribution in [2.75, 3.05) is 90.5 Å². The summed E-state index contributed by atoms with van der Waals surface area (Å²) in [6.07, 6.45) is 3.13. The number of ether oxygens (including phenoxy) is 2. The number of piperidine rings is 1. The van der Waals surface area contributed by atoms with Gasteiger partial charge in [-0.3, -0.25) is 24.0 Å². The number of aliphatic hydroxyl groups is 1. The summed E-state index contributed by atoms with van der Waals surface area (Å²) in [6.45, 7) is 16.7. The van der Waals surface area contributed by atoms with Crippen molar-refractivity contribution >= 4 is 64.2 Å². The second-order valence-corrected chi connectivity index (χ2v) is 32.5. The molecule has 638 valence electrons.